The summed E-state index contributed by atoms with van der Waals surface area (Å²) in [6, 6.07) is 44.3. The molecule has 0 aliphatic heterocycles. The zero-order valence-electron chi connectivity index (χ0n) is 15.8. The fourth-order valence-corrected chi connectivity index (χ4v) is 3.62. The molecule has 136 valence electrons. The SMILES string of the molecule is [Mo+2].[c-]1cccc2cc3ccccc3cc12.[c-]1cccc2cc3ccccc3cc12. The Morgan fingerprint density at radius 2 is 0.724 bits per heavy atom. The van der Waals surface area contributed by atoms with Gasteiger partial charge in [0.2, 0.25) is 0 Å². The van der Waals surface area contributed by atoms with E-state index in [-0.39, 0.29) is 21.1 Å². The third-order valence-electron chi connectivity index (χ3n) is 5.06. The monoisotopic (exact) mass is 452 g/mol. The Kier molecular flexibility index (Phi) is 5.74. The van der Waals surface area contributed by atoms with Crippen molar-refractivity contribution < 1.29 is 21.1 Å². The van der Waals surface area contributed by atoms with E-state index in [4.69, 9.17) is 0 Å². The molecule has 0 spiro atoms. The number of fused-ring (bicyclic) bond motifs is 4. The second-order valence-corrected chi connectivity index (χ2v) is 6.91. The fourth-order valence-electron chi connectivity index (χ4n) is 3.62. The van der Waals surface area contributed by atoms with Crippen molar-refractivity contribution in [3.63, 3.8) is 0 Å². The van der Waals surface area contributed by atoms with Gasteiger partial charge in [-0.2, -0.15) is 0 Å². The maximum absolute atomic E-state index is 3.24. The predicted octanol–water partition coefficient (Wildman–Crippen LogP) is 7.58. The Hall–Kier alpha value is -2.95. The molecule has 6 aromatic carbocycles. The van der Waals surface area contributed by atoms with Gasteiger partial charge in [0.05, 0.1) is 0 Å². The van der Waals surface area contributed by atoms with Crippen molar-refractivity contribution >= 4 is 43.1 Å². The van der Waals surface area contributed by atoms with E-state index in [1.54, 1.807) is 0 Å². The molecule has 0 amide bonds. The van der Waals surface area contributed by atoms with Crippen LogP contribution in [0, 0.1) is 12.1 Å². The van der Waals surface area contributed by atoms with Crippen molar-refractivity contribution in [2.24, 2.45) is 0 Å². The van der Waals surface area contributed by atoms with Crippen LogP contribution in [0.3, 0.4) is 0 Å². The van der Waals surface area contributed by atoms with Crippen LogP contribution in [0.2, 0.25) is 0 Å². The first kappa shape index (κ1) is 19.4. The van der Waals surface area contributed by atoms with E-state index in [0.717, 1.165) is 0 Å². The molecule has 0 atom stereocenters. The standard InChI is InChI=1S/2C14H9.Mo/c2*1-2-6-12-10-14-8-4-3-7-13(14)9-11(12)5-1;/h2*1-7,9-10H;/q2*-1;+2. The van der Waals surface area contributed by atoms with E-state index >= 15 is 0 Å². The molecule has 0 radical (unpaired) electrons. The van der Waals surface area contributed by atoms with E-state index in [1.165, 1.54) is 43.1 Å². The third kappa shape index (κ3) is 4.09. The number of hydrogen-bond acceptors (Lipinski definition) is 0. The van der Waals surface area contributed by atoms with Crippen molar-refractivity contribution in [1.82, 2.24) is 0 Å². The summed E-state index contributed by atoms with van der Waals surface area (Å²) >= 11 is 0. The molecule has 0 aliphatic rings. The smallest absolute Gasteiger partial charge is 0.147 e. The Bertz CT molecular complexity index is 1090. The van der Waals surface area contributed by atoms with Gasteiger partial charge in [-0.25, -0.2) is 0 Å². The maximum atomic E-state index is 3.24. The molecule has 29 heavy (non-hydrogen) atoms. The van der Waals surface area contributed by atoms with Crippen LogP contribution in [0.1, 0.15) is 0 Å². The number of rotatable bonds is 0. The second-order valence-electron chi connectivity index (χ2n) is 6.91. The molecule has 0 fully saturated rings. The second kappa shape index (κ2) is 8.60. The molecule has 0 bridgehead atoms. The molecular weight excluding hydrogens is 432 g/mol. The van der Waals surface area contributed by atoms with Crippen LogP contribution in [0.5, 0.6) is 0 Å². The first-order valence-electron chi connectivity index (χ1n) is 9.45. The molecule has 6 rings (SSSR count). The minimum atomic E-state index is 0. The fraction of sp³-hybridized carbons (Fsp3) is 0. The average Bonchev–Trinajstić information content (AvgIpc) is 2.76. The van der Waals surface area contributed by atoms with Crippen molar-refractivity contribution in [2.75, 3.05) is 0 Å². The van der Waals surface area contributed by atoms with Gasteiger partial charge in [-0.1, -0.05) is 71.4 Å². The average molecular weight is 450 g/mol. The van der Waals surface area contributed by atoms with Crippen LogP contribution < -0.4 is 0 Å². The van der Waals surface area contributed by atoms with Gasteiger partial charge in [-0.05, 0) is 10.8 Å². The van der Waals surface area contributed by atoms with Crippen LogP contribution in [-0.4, -0.2) is 0 Å². The summed E-state index contributed by atoms with van der Waals surface area (Å²) in [5, 5.41) is 10.0. The van der Waals surface area contributed by atoms with Crippen LogP contribution in [0.15, 0.2) is 109 Å². The molecule has 0 heterocycles. The van der Waals surface area contributed by atoms with Gasteiger partial charge < -0.3 is 0 Å². The summed E-state index contributed by atoms with van der Waals surface area (Å²) < 4.78 is 0. The summed E-state index contributed by atoms with van der Waals surface area (Å²) in [4.78, 5) is 0. The summed E-state index contributed by atoms with van der Waals surface area (Å²) in [5.41, 5.74) is 0. The van der Waals surface area contributed by atoms with Crippen molar-refractivity contribution in [1.29, 1.82) is 0 Å². The van der Waals surface area contributed by atoms with Gasteiger partial charge >= 0.3 is 21.1 Å². The largest absolute Gasteiger partial charge is 2.00 e. The number of benzene rings is 6. The van der Waals surface area contributed by atoms with Gasteiger partial charge in [0.15, 0.2) is 0 Å². The van der Waals surface area contributed by atoms with Crippen LogP contribution >= 0.6 is 0 Å². The normalized spacial score (nSPS) is 10.5. The Morgan fingerprint density at radius 3 is 1.14 bits per heavy atom. The zero-order chi connectivity index (χ0) is 18.8. The van der Waals surface area contributed by atoms with E-state index in [9.17, 15) is 0 Å². The first-order valence-corrected chi connectivity index (χ1v) is 9.45. The summed E-state index contributed by atoms with van der Waals surface area (Å²) in [6.07, 6.45) is 0. The van der Waals surface area contributed by atoms with Crippen LogP contribution in [0.4, 0.5) is 0 Å². The van der Waals surface area contributed by atoms with Gasteiger partial charge in [0.1, 0.15) is 0 Å². The molecule has 1 heteroatoms. The Morgan fingerprint density at radius 1 is 0.379 bits per heavy atom. The van der Waals surface area contributed by atoms with E-state index in [1.807, 2.05) is 24.3 Å². The van der Waals surface area contributed by atoms with Crippen molar-refractivity contribution in [2.45, 2.75) is 0 Å². The topological polar surface area (TPSA) is 0 Å². The molecule has 0 N–H and O–H groups in total. The Labute approximate surface area is 185 Å². The summed E-state index contributed by atoms with van der Waals surface area (Å²) in [5.74, 6) is 0. The van der Waals surface area contributed by atoms with Crippen LogP contribution in [0.25, 0.3) is 43.1 Å². The van der Waals surface area contributed by atoms with E-state index in [0.29, 0.717) is 0 Å². The molecule has 0 aromatic heterocycles. The summed E-state index contributed by atoms with van der Waals surface area (Å²) in [6.45, 7) is 0. The van der Waals surface area contributed by atoms with E-state index < -0.39 is 0 Å². The minimum Gasteiger partial charge on any atom is -0.147 e. The third-order valence-corrected chi connectivity index (χ3v) is 5.06. The van der Waals surface area contributed by atoms with Gasteiger partial charge in [-0.3, -0.25) is 0 Å². The molecule has 0 nitrogen and oxygen atoms in total. The maximum Gasteiger partial charge on any atom is 2.00 e. The summed E-state index contributed by atoms with van der Waals surface area (Å²) in [7, 11) is 0. The minimum absolute atomic E-state index is 0. The van der Waals surface area contributed by atoms with Crippen molar-refractivity contribution in [3.8, 4) is 0 Å². The number of hydrogen-bond donors (Lipinski definition) is 0. The molecule has 0 aliphatic carbocycles. The molecule has 0 unspecified atom stereocenters. The van der Waals surface area contributed by atoms with E-state index in [2.05, 4.69) is 97.1 Å². The first-order chi connectivity index (χ1) is 13.9. The Balaban J connectivity index is 0.000000137. The molecular formula is C28H18Mo. The van der Waals surface area contributed by atoms with Crippen LogP contribution in [-0.2, 0) is 21.1 Å². The van der Waals surface area contributed by atoms with Gasteiger partial charge in [0, 0.05) is 0 Å². The van der Waals surface area contributed by atoms with Crippen molar-refractivity contribution in [3.05, 3.63) is 121 Å². The molecule has 0 saturated carbocycles. The van der Waals surface area contributed by atoms with Gasteiger partial charge in [0.25, 0.3) is 0 Å². The molecule has 0 saturated heterocycles. The zero-order valence-corrected chi connectivity index (χ0v) is 17.8. The molecule has 6 aromatic rings. The quantitative estimate of drug-likeness (QED) is 0.127. The van der Waals surface area contributed by atoms with Gasteiger partial charge in [-0.15, -0.1) is 82.2 Å². The predicted molar refractivity (Wildman–Crippen MR) is 121 cm³/mol.